The van der Waals surface area contributed by atoms with Crippen LogP contribution in [0.25, 0.3) is 0 Å². The van der Waals surface area contributed by atoms with Crippen LogP contribution in [-0.4, -0.2) is 18.6 Å². The highest BCUT2D eigenvalue weighted by atomic mass is 16.5. The van der Waals surface area contributed by atoms with Gasteiger partial charge in [0, 0.05) is 12.7 Å². The largest absolute Gasteiger partial charge is 0.493 e. The lowest BCUT2D eigenvalue weighted by Crippen LogP contribution is -2.22. The van der Waals surface area contributed by atoms with Gasteiger partial charge in [0.15, 0.2) is 11.6 Å². The van der Waals surface area contributed by atoms with Crippen molar-refractivity contribution in [2.24, 2.45) is 5.41 Å². The molecule has 1 aromatic heterocycles. The van der Waals surface area contributed by atoms with E-state index in [1.165, 1.54) is 0 Å². The molecule has 0 amide bonds. The summed E-state index contributed by atoms with van der Waals surface area (Å²) in [5, 5.41) is 3.32. The van der Waals surface area contributed by atoms with E-state index in [2.05, 4.69) is 31.1 Å². The number of anilines is 1. The first-order valence-corrected chi connectivity index (χ1v) is 5.32. The Morgan fingerprint density at radius 1 is 1.47 bits per heavy atom. The highest BCUT2D eigenvalue weighted by Gasteiger charge is 2.15. The zero-order chi connectivity index (χ0) is 11.3. The summed E-state index contributed by atoms with van der Waals surface area (Å²) in [5.41, 5.74) is 0.280. The summed E-state index contributed by atoms with van der Waals surface area (Å²) >= 11 is 0. The van der Waals surface area contributed by atoms with Crippen molar-refractivity contribution in [2.75, 3.05) is 19.0 Å². The van der Waals surface area contributed by atoms with E-state index in [9.17, 15) is 0 Å². The number of ether oxygens (including phenoxy) is 1. The molecule has 0 unspecified atom stereocenters. The molecule has 1 rings (SSSR count). The van der Waals surface area contributed by atoms with Gasteiger partial charge in [-0.1, -0.05) is 20.8 Å². The molecule has 84 valence electrons. The van der Waals surface area contributed by atoms with Gasteiger partial charge in [-0.05, 0) is 24.0 Å². The summed E-state index contributed by atoms with van der Waals surface area (Å²) in [6.07, 6.45) is 2.90. The fourth-order valence-electron chi connectivity index (χ4n) is 1.14. The number of hydrogen-bond donors (Lipinski definition) is 1. The Morgan fingerprint density at radius 2 is 2.20 bits per heavy atom. The third kappa shape index (κ3) is 3.42. The molecule has 0 fully saturated rings. The Labute approximate surface area is 91.9 Å². The Bertz CT molecular complexity index is 310. The molecule has 3 heteroatoms. The highest BCUT2D eigenvalue weighted by Crippen LogP contribution is 2.24. The minimum absolute atomic E-state index is 0.280. The van der Waals surface area contributed by atoms with Gasteiger partial charge in [0.25, 0.3) is 0 Å². The molecular formula is C12H20N2O. The number of methoxy groups -OCH3 is 1. The number of rotatable bonds is 5. The van der Waals surface area contributed by atoms with Gasteiger partial charge in [-0.15, -0.1) is 0 Å². The van der Waals surface area contributed by atoms with Gasteiger partial charge in [-0.3, -0.25) is 0 Å². The molecule has 0 aliphatic rings. The molecule has 3 nitrogen and oxygen atoms in total. The summed E-state index contributed by atoms with van der Waals surface area (Å²) in [7, 11) is 1.66. The van der Waals surface area contributed by atoms with Gasteiger partial charge in [-0.2, -0.15) is 0 Å². The maximum atomic E-state index is 5.22. The molecule has 1 N–H and O–H groups in total. The van der Waals surface area contributed by atoms with Crippen LogP contribution in [-0.2, 0) is 0 Å². The molecule has 0 aromatic carbocycles. The maximum absolute atomic E-state index is 5.22. The van der Waals surface area contributed by atoms with Gasteiger partial charge >= 0.3 is 0 Å². The smallest absolute Gasteiger partial charge is 0.168 e. The van der Waals surface area contributed by atoms with Crippen LogP contribution >= 0.6 is 0 Å². The van der Waals surface area contributed by atoms with Crippen LogP contribution in [0.1, 0.15) is 27.2 Å². The summed E-state index contributed by atoms with van der Waals surface area (Å²) < 4.78 is 5.22. The standard InChI is InChI=1S/C12H20N2O/c1-5-12(2,3)9-14-11-10(15-4)7-6-8-13-11/h6-8H,5,9H2,1-4H3,(H,13,14). The van der Waals surface area contributed by atoms with Crippen molar-refractivity contribution >= 4 is 5.82 Å². The second-order valence-electron chi connectivity index (χ2n) is 4.43. The molecule has 0 radical (unpaired) electrons. The van der Waals surface area contributed by atoms with Crippen molar-refractivity contribution in [1.82, 2.24) is 4.98 Å². The molecule has 0 saturated carbocycles. The fourth-order valence-corrected chi connectivity index (χ4v) is 1.14. The van der Waals surface area contributed by atoms with E-state index in [4.69, 9.17) is 4.74 Å². The van der Waals surface area contributed by atoms with Gasteiger partial charge in [0.1, 0.15) is 0 Å². The molecule has 0 aliphatic carbocycles. The van der Waals surface area contributed by atoms with Crippen LogP contribution in [0.3, 0.4) is 0 Å². The van der Waals surface area contributed by atoms with Crippen molar-refractivity contribution in [3.05, 3.63) is 18.3 Å². The minimum Gasteiger partial charge on any atom is -0.493 e. The molecule has 15 heavy (non-hydrogen) atoms. The summed E-state index contributed by atoms with van der Waals surface area (Å²) in [4.78, 5) is 4.25. The van der Waals surface area contributed by atoms with E-state index < -0.39 is 0 Å². The average molecular weight is 208 g/mol. The third-order valence-electron chi connectivity index (χ3n) is 2.68. The first-order valence-electron chi connectivity index (χ1n) is 5.32. The van der Waals surface area contributed by atoms with Crippen LogP contribution in [0.2, 0.25) is 0 Å². The molecule has 1 aromatic rings. The zero-order valence-corrected chi connectivity index (χ0v) is 10.0. The summed E-state index contributed by atoms with van der Waals surface area (Å²) in [6, 6.07) is 3.78. The normalized spacial score (nSPS) is 11.2. The fraction of sp³-hybridized carbons (Fsp3) is 0.583. The lowest BCUT2D eigenvalue weighted by atomic mass is 9.90. The summed E-state index contributed by atoms with van der Waals surface area (Å²) in [6.45, 7) is 7.55. The molecule has 0 atom stereocenters. The van der Waals surface area contributed by atoms with E-state index in [1.54, 1.807) is 13.3 Å². The number of pyridine rings is 1. The predicted octanol–water partition coefficient (Wildman–Crippen LogP) is 2.94. The van der Waals surface area contributed by atoms with Crippen molar-refractivity contribution in [3.63, 3.8) is 0 Å². The van der Waals surface area contributed by atoms with Crippen molar-refractivity contribution < 1.29 is 4.74 Å². The van der Waals surface area contributed by atoms with E-state index in [-0.39, 0.29) is 5.41 Å². The van der Waals surface area contributed by atoms with Gasteiger partial charge < -0.3 is 10.1 Å². The quantitative estimate of drug-likeness (QED) is 0.807. The lowest BCUT2D eigenvalue weighted by molar-refractivity contribution is 0.374. The molecular weight excluding hydrogens is 188 g/mol. The van der Waals surface area contributed by atoms with E-state index >= 15 is 0 Å². The van der Waals surface area contributed by atoms with E-state index in [0.29, 0.717) is 0 Å². The van der Waals surface area contributed by atoms with Crippen LogP contribution in [0, 0.1) is 5.41 Å². The number of nitrogens with zero attached hydrogens (tertiary/aromatic N) is 1. The number of nitrogens with one attached hydrogen (secondary N) is 1. The average Bonchev–Trinajstić information content (AvgIpc) is 2.27. The van der Waals surface area contributed by atoms with Crippen molar-refractivity contribution in [1.29, 1.82) is 0 Å². The van der Waals surface area contributed by atoms with Gasteiger partial charge in [0.05, 0.1) is 7.11 Å². The highest BCUT2D eigenvalue weighted by molar-refractivity contribution is 5.49. The maximum Gasteiger partial charge on any atom is 0.168 e. The zero-order valence-electron chi connectivity index (χ0n) is 10.0. The minimum atomic E-state index is 0.280. The Kier molecular flexibility index (Phi) is 3.95. The van der Waals surface area contributed by atoms with Crippen LogP contribution in [0.4, 0.5) is 5.82 Å². The second-order valence-corrected chi connectivity index (χ2v) is 4.43. The first kappa shape index (κ1) is 11.8. The third-order valence-corrected chi connectivity index (χ3v) is 2.68. The first-order chi connectivity index (χ1) is 7.09. The van der Waals surface area contributed by atoms with E-state index in [0.717, 1.165) is 24.5 Å². The molecule has 0 spiro atoms. The van der Waals surface area contributed by atoms with E-state index in [1.807, 2.05) is 12.1 Å². The Morgan fingerprint density at radius 3 is 2.80 bits per heavy atom. The van der Waals surface area contributed by atoms with Crippen LogP contribution < -0.4 is 10.1 Å². The van der Waals surface area contributed by atoms with Crippen molar-refractivity contribution in [2.45, 2.75) is 27.2 Å². The van der Waals surface area contributed by atoms with Gasteiger partial charge in [0.2, 0.25) is 0 Å². The lowest BCUT2D eigenvalue weighted by Gasteiger charge is -2.23. The number of hydrogen-bond acceptors (Lipinski definition) is 3. The molecule has 0 saturated heterocycles. The monoisotopic (exact) mass is 208 g/mol. The molecule has 0 bridgehead atoms. The topological polar surface area (TPSA) is 34.2 Å². The van der Waals surface area contributed by atoms with Gasteiger partial charge in [-0.25, -0.2) is 4.98 Å². The van der Waals surface area contributed by atoms with Crippen molar-refractivity contribution in [3.8, 4) is 5.75 Å². The molecule has 1 heterocycles. The molecule has 0 aliphatic heterocycles. The Balaban J connectivity index is 2.65. The second kappa shape index (κ2) is 5.01. The summed E-state index contributed by atoms with van der Waals surface area (Å²) in [5.74, 6) is 1.62. The number of aromatic nitrogens is 1. The van der Waals surface area contributed by atoms with Crippen LogP contribution in [0.5, 0.6) is 5.75 Å². The van der Waals surface area contributed by atoms with Crippen LogP contribution in [0.15, 0.2) is 18.3 Å². The SMILES string of the molecule is CCC(C)(C)CNc1ncccc1OC. The predicted molar refractivity (Wildman–Crippen MR) is 63.4 cm³/mol. The Hall–Kier alpha value is -1.25.